The second kappa shape index (κ2) is 8.59. The molecule has 0 radical (unpaired) electrons. The van der Waals surface area contributed by atoms with Crippen molar-refractivity contribution in [2.24, 2.45) is 11.8 Å². The Bertz CT molecular complexity index is 1340. The van der Waals surface area contributed by atoms with Gasteiger partial charge in [0.1, 0.15) is 17.7 Å². The zero-order valence-electron chi connectivity index (χ0n) is 19.9. The van der Waals surface area contributed by atoms with Crippen LogP contribution in [0.2, 0.25) is 5.02 Å². The molecule has 2 aliphatic carbocycles. The fraction of sp³-hybridized carbons (Fsp3) is 0.500. The van der Waals surface area contributed by atoms with Gasteiger partial charge in [-0.3, -0.25) is 19.0 Å². The van der Waals surface area contributed by atoms with Crippen LogP contribution in [0.25, 0.3) is 0 Å². The van der Waals surface area contributed by atoms with Gasteiger partial charge in [0, 0.05) is 32.2 Å². The van der Waals surface area contributed by atoms with E-state index in [9.17, 15) is 23.9 Å². The third kappa shape index (κ3) is 3.63. The Kier molecular flexibility index (Phi) is 5.60. The van der Waals surface area contributed by atoms with Crippen LogP contribution in [0, 0.1) is 17.7 Å². The molecule has 2 amide bonds. The van der Waals surface area contributed by atoms with Crippen molar-refractivity contribution in [1.29, 1.82) is 0 Å². The lowest BCUT2D eigenvalue weighted by Gasteiger charge is -2.26. The summed E-state index contributed by atoms with van der Waals surface area (Å²) in [7, 11) is 1.63. The van der Waals surface area contributed by atoms with Crippen molar-refractivity contribution in [3.63, 3.8) is 0 Å². The maximum Gasteiger partial charge on any atom is 0.295 e. The number of carbonyl (C=O) groups excluding carboxylic acids is 2. The van der Waals surface area contributed by atoms with Crippen molar-refractivity contribution >= 4 is 23.4 Å². The topological polar surface area (TPSA) is 92.1 Å². The molecule has 36 heavy (non-hydrogen) atoms. The average molecular weight is 516 g/mol. The lowest BCUT2D eigenvalue weighted by atomic mass is 10.0. The summed E-state index contributed by atoms with van der Waals surface area (Å²) in [5.41, 5.74) is 0.530. The van der Waals surface area contributed by atoms with E-state index in [1.165, 1.54) is 21.6 Å². The van der Waals surface area contributed by atoms with Gasteiger partial charge in [-0.2, -0.15) is 0 Å². The number of nitrogens with zero attached hydrogens (tertiary/aromatic N) is 3. The second-order valence-electron chi connectivity index (χ2n) is 10.3. The number of halogens is 2. The van der Waals surface area contributed by atoms with Gasteiger partial charge in [0.15, 0.2) is 5.75 Å². The molecule has 0 bridgehead atoms. The van der Waals surface area contributed by atoms with Gasteiger partial charge in [-0.05, 0) is 61.3 Å². The van der Waals surface area contributed by atoms with Crippen LogP contribution in [-0.2, 0) is 17.7 Å². The van der Waals surface area contributed by atoms with Crippen LogP contribution in [-0.4, -0.2) is 57.6 Å². The molecule has 2 fully saturated rings. The minimum atomic E-state index is -0.694. The van der Waals surface area contributed by atoms with Crippen LogP contribution in [0.3, 0.4) is 0 Å². The van der Waals surface area contributed by atoms with Crippen LogP contribution in [0.5, 0.6) is 5.75 Å². The number of methoxy groups -OCH3 is 1. The number of hydrogen-bond donors (Lipinski definition) is 1. The first-order valence-electron chi connectivity index (χ1n) is 12.4. The van der Waals surface area contributed by atoms with Gasteiger partial charge >= 0.3 is 0 Å². The number of ether oxygens (including phenoxy) is 1. The summed E-state index contributed by atoms with van der Waals surface area (Å²) in [5.74, 6) is -1.53. The van der Waals surface area contributed by atoms with Gasteiger partial charge in [0.25, 0.3) is 17.4 Å². The van der Waals surface area contributed by atoms with E-state index in [-0.39, 0.29) is 46.6 Å². The van der Waals surface area contributed by atoms with E-state index in [1.807, 2.05) is 4.90 Å². The standard InChI is InChI=1S/C26H27ClFN3O5/c1-36-12-15-10-19(15)30-23(14-5-6-14)31-21(25(30)34)16-3-2-8-29(24(33)20(16)22(32)26(31)35)11-13-4-7-18(28)17(27)9-13/h4,7,9,14-15,19,23,32H,2-3,5-6,8,10-12H2,1H3. The van der Waals surface area contributed by atoms with Crippen molar-refractivity contribution in [2.75, 3.05) is 20.3 Å². The molecule has 1 aromatic heterocycles. The van der Waals surface area contributed by atoms with Gasteiger partial charge in [0.05, 0.1) is 17.2 Å². The third-order valence-electron chi connectivity index (χ3n) is 7.85. The Morgan fingerprint density at radius 2 is 1.97 bits per heavy atom. The Morgan fingerprint density at radius 3 is 2.67 bits per heavy atom. The van der Waals surface area contributed by atoms with Gasteiger partial charge in [-0.1, -0.05) is 17.7 Å². The van der Waals surface area contributed by atoms with Crippen molar-refractivity contribution in [3.8, 4) is 5.75 Å². The third-order valence-corrected chi connectivity index (χ3v) is 8.14. The number of amides is 2. The summed E-state index contributed by atoms with van der Waals surface area (Å²) in [6.45, 7) is 1.04. The molecule has 2 aliphatic heterocycles. The van der Waals surface area contributed by atoms with Crippen LogP contribution in [0.1, 0.15) is 63.8 Å². The molecule has 8 nitrogen and oxygen atoms in total. The van der Waals surface area contributed by atoms with E-state index in [4.69, 9.17) is 16.3 Å². The Morgan fingerprint density at radius 1 is 1.19 bits per heavy atom. The van der Waals surface area contributed by atoms with E-state index >= 15 is 0 Å². The predicted octanol–water partition coefficient (Wildman–Crippen LogP) is 3.33. The van der Waals surface area contributed by atoms with Crippen molar-refractivity contribution < 1.29 is 23.8 Å². The molecular weight excluding hydrogens is 489 g/mol. The predicted molar refractivity (Wildman–Crippen MR) is 129 cm³/mol. The largest absolute Gasteiger partial charge is 0.502 e. The molecule has 10 heteroatoms. The smallest absolute Gasteiger partial charge is 0.295 e. The number of aromatic nitrogens is 1. The zero-order valence-corrected chi connectivity index (χ0v) is 20.6. The van der Waals surface area contributed by atoms with Crippen LogP contribution in [0.15, 0.2) is 23.0 Å². The molecule has 190 valence electrons. The fourth-order valence-corrected chi connectivity index (χ4v) is 6.12. The Balaban J connectivity index is 1.41. The van der Waals surface area contributed by atoms with Gasteiger partial charge in [-0.15, -0.1) is 0 Å². The minimum absolute atomic E-state index is 0.0126. The molecule has 6 rings (SSSR count). The Hall–Kier alpha value is -2.91. The maximum atomic E-state index is 13.8. The van der Waals surface area contributed by atoms with Crippen molar-refractivity contribution in [2.45, 2.75) is 50.9 Å². The van der Waals surface area contributed by atoms with Crippen LogP contribution in [0.4, 0.5) is 4.39 Å². The highest BCUT2D eigenvalue weighted by Gasteiger charge is 2.56. The van der Waals surface area contributed by atoms with Crippen LogP contribution >= 0.6 is 11.6 Å². The molecule has 1 aromatic carbocycles. The number of aromatic hydroxyl groups is 1. The molecule has 0 saturated heterocycles. The number of pyridine rings is 1. The van der Waals surface area contributed by atoms with Gasteiger partial charge in [0.2, 0.25) is 0 Å². The normalized spacial score (nSPS) is 25.1. The first-order chi connectivity index (χ1) is 17.3. The maximum absolute atomic E-state index is 13.8. The molecule has 3 heterocycles. The van der Waals surface area contributed by atoms with Crippen molar-refractivity contribution in [1.82, 2.24) is 14.4 Å². The summed E-state index contributed by atoms with van der Waals surface area (Å²) in [6, 6.07) is 4.23. The van der Waals surface area contributed by atoms with E-state index < -0.39 is 29.2 Å². The number of fused-ring (bicyclic) bond motifs is 3. The highest BCUT2D eigenvalue weighted by Crippen LogP contribution is 2.51. The summed E-state index contributed by atoms with van der Waals surface area (Å²) >= 11 is 5.91. The minimum Gasteiger partial charge on any atom is -0.502 e. The monoisotopic (exact) mass is 515 g/mol. The number of rotatable bonds is 6. The molecule has 3 unspecified atom stereocenters. The van der Waals surface area contributed by atoms with E-state index in [0.29, 0.717) is 37.1 Å². The molecule has 2 saturated carbocycles. The second-order valence-corrected chi connectivity index (χ2v) is 10.7. The quantitative estimate of drug-likeness (QED) is 0.637. The van der Waals surface area contributed by atoms with Crippen molar-refractivity contribution in [3.05, 3.63) is 61.8 Å². The molecule has 0 spiro atoms. The van der Waals surface area contributed by atoms with Crippen LogP contribution < -0.4 is 5.56 Å². The zero-order chi connectivity index (χ0) is 25.3. The van der Waals surface area contributed by atoms with E-state index in [1.54, 1.807) is 13.2 Å². The highest BCUT2D eigenvalue weighted by atomic mass is 35.5. The molecule has 3 atom stereocenters. The molecule has 2 aromatic rings. The highest BCUT2D eigenvalue weighted by molar-refractivity contribution is 6.30. The number of carbonyl (C=O) groups is 2. The first-order valence-corrected chi connectivity index (χ1v) is 12.7. The lowest BCUT2D eigenvalue weighted by molar-refractivity contribution is 0.0608. The summed E-state index contributed by atoms with van der Waals surface area (Å²) < 4.78 is 20.4. The fourth-order valence-electron chi connectivity index (χ4n) is 5.91. The molecule has 4 aliphatic rings. The van der Waals surface area contributed by atoms with E-state index in [0.717, 1.165) is 19.3 Å². The van der Waals surface area contributed by atoms with Gasteiger partial charge < -0.3 is 19.6 Å². The summed E-state index contributed by atoms with van der Waals surface area (Å²) in [4.78, 5) is 44.3. The summed E-state index contributed by atoms with van der Waals surface area (Å²) in [5, 5.41) is 11.0. The average Bonchev–Trinajstić information content (AvgIpc) is 3.77. The lowest BCUT2D eigenvalue weighted by Crippen LogP contribution is -2.36. The van der Waals surface area contributed by atoms with E-state index in [2.05, 4.69) is 0 Å². The SMILES string of the molecule is COCC1CC1N1C(=O)c2c3c(c(O)c(=O)n2C1C1CC1)C(=O)N(Cc1ccc(F)c(Cl)c1)CCC3. The van der Waals surface area contributed by atoms with Gasteiger partial charge in [-0.25, -0.2) is 4.39 Å². The first kappa shape index (κ1) is 23.5. The number of benzene rings is 1. The molecule has 1 N–H and O–H groups in total. The summed E-state index contributed by atoms with van der Waals surface area (Å²) in [6.07, 6.45) is 3.13. The molecular formula is C26H27ClFN3O5. The Labute approximate surface area is 212 Å². The number of hydrogen-bond acceptors (Lipinski definition) is 5.